The van der Waals surface area contributed by atoms with E-state index in [0.717, 1.165) is 40.2 Å². The third-order valence-electron chi connectivity index (χ3n) is 6.72. The monoisotopic (exact) mass is 559 g/mol. The van der Waals surface area contributed by atoms with Crippen LogP contribution < -0.4 is 10.2 Å². The number of hydrogen-bond acceptors (Lipinski definition) is 6. The van der Waals surface area contributed by atoms with Crippen molar-refractivity contribution in [2.75, 3.05) is 18.0 Å². The summed E-state index contributed by atoms with van der Waals surface area (Å²) in [7, 11) is 0. The zero-order valence-corrected chi connectivity index (χ0v) is 21.6. The molecule has 0 saturated carbocycles. The molecule has 37 heavy (non-hydrogen) atoms. The van der Waals surface area contributed by atoms with Crippen molar-refractivity contribution in [3.8, 4) is 5.69 Å². The maximum atomic E-state index is 15.6. The maximum absolute atomic E-state index is 15.6. The summed E-state index contributed by atoms with van der Waals surface area (Å²) in [6.45, 7) is 3.48. The predicted octanol–water partition coefficient (Wildman–Crippen LogP) is 4.97. The molecule has 1 aliphatic heterocycles. The quantitative estimate of drug-likeness (QED) is 0.334. The number of nitrogens with one attached hydrogen (secondary N) is 1. The maximum Gasteiger partial charge on any atom is 0.262 e. The van der Waals surface area contributed by atoms with E-state index in [2.05, 4.69) is 41.5 Å². The summed E-state index contributed by atoms with van der Waals surface area (Å²) in [4.78, 5) is 24.7. The number of benzene rings is 2. The van der Waals surface area contributed by atoms with E-state index >= 15 is 4.39 Å². The number of halogens is 2. The molecule has 1 aliphatic rings. The number of anilines is 1. The lowest BCUT2D eigenvalue weighted by Crippen LogP contribution is -2.49. The van der Waals surface area contributed by atoms with Gasteiger partial charge in [0.05, 0.1) is 17.3 Å². The van der Waals surface area contributed by atoms with Gasteiger partial charge < -0.3 is 5.32 Å². The first-order chi connectivity index (χ1) is 18.0. The van der Waals surface area contributed by atoms with Crippen LogP contribution in [-0.2, 0) is 0 Å². The lowest BCUT2D eigenvalue weighted by atomic mass is 10.0. The zero-order chi connectivity index (χ0) is 25.5. The molecular weight excluding hydrogens is 537 g/mol. The Balaban J connectivity index is 1.45. The van der Waals surface area contributed by atoms with Gasteiger partial charge >= 0.3 is 0 Å². The number of amides is 1. The Hall–Kier alpha value is -3.76. The van der Waals surface area contributed by atoms with Crippen LogP contribution in [-0.4, -0.2) is 50.0 Å². The summed E-state index contributed by atoms with van der Waals surface area (Å²) in [5.41, 5.74) is 2.50. The number of piperidine rings is 1. The van der Waals surface area contributed by atoms with Crippen LogP contribution in [0.15, 0.2) is 65.4 Å². The van der Waals surface area contributed by atoms with Gasteiger partial charge in [-0.05, 0) is 79.7 Å². The van der Waals surface area contributed by atoms with E-state index in [1.54, 1.807) is 35.5 Å². The van der Waals surface area contributed by atoms with Crippen molar-refractivity contribution in [3.63, 3.8) is 0 Å². The molecule has 1 amide bonds. The fraction of sp³-hybridized carbons (Fsp3) is 0.222. The topological polar surface area (TPSA) is 88.8 Å². The highest BCUT2D eigenvalue weighted by atomic mass is 79.9. The number of fused-ring (bicyclic) bond motifs is 2. The lowest BCUT2D eigenvalue weighted by molar-refractivity contribution is 0.0968. The highest BCUT2D eigenvalue weighted by Crippen LogP contribution is 2.34. The van der Waals surface area contributed by atoms with Crippen LogP contribution in [0, 0.1) is 12.7 Å². The molecule has 0 radical (unpaired) electrons. The smallest absolute Gasteiger partial charge is 0.262 e. The van der Waals surface area contributed by atoms with Gasteiger partial charge in [-0.25, -0.2) is 14.4 Å². The van der Waals surface area contributed by atoms with Gasteiger partial charge in [0.25, 0.3) is 5.91 Å². The Morgan fingerprint density at radius 3 is 2.86 bits per heavy atom. The molecule has 186 valence electrons. The molecule has 4 heterocycles. The summed E-state index contributed by atoms with van der Waals surface area (Å²) >= 11 is 3.56. The highest BCUT2D eigenvalue weighted by Gasteiger charge is 2.32. The molecule has 1 fully saturated rings. The second-order valence-corrected chi connectivity index (χ2v) is 10.1. The molecule has 1 saturated heterocycles. The van der Waals surface area contributed by atoms with Crippen LogP contribution in [0.1, 0.15) is 28.8 Å². The Bertz CT molecular complexity index is 1650. The van der Waals surface area contributed by atoms with Crippen molar-refractivity contribution >= 4 is 49.6 Å². The van der Waals surface area contributed by atoms with E-state index in [9.17, 15) is 4.79 Å². The van der Waals surface area contributed by atoms with Gasteiger partial charge in [0.1, 0.15) is 17.2 Å². The molecule has 0 unspecified atom stereocenters. The number of aromatic nitrogens is 5. The van der Waals surface area contributed by atoms with Gasteiger partial charge in [-0.2, -0.15) is 4.68 Å². The molecule has 0 aliphatic carbocycles. The van der Waals surface area contributed by atoms with E-state index in [-0.39, 0.29) is 11.6 Å². The van der Waals surface area contributed by atoms with Crippen LogP contribution in [0.25, 0.3) is 27.6 Å². The normalized spacial score (nSPS) is 15.8. The van der Waals surface area contributed by atoms with Crippen LogP contribution in [0.4, 0.5) is 10.2 Å². The first-order valence-corrected chi connectivity index (χ1v) is 12.9. The third kappa shape index (κ3) is 4.25. The van der Waals surface area contributed by atoms with Crippen molar-refractivity contribution in [3.05, 3.63) is 82.3 Å². The van der Waals surface area contributed by atoms with Crippen LogP contribution in [0.3, 0.4) is 0 Å². The minimum atomic E-state index is -0.643. The number of nitrogens with zero attached hydrogens (tertiary/aromatic N) is 6. The summed E-state index contributed by atoms with van der Waals surface area (Å²) in [6, 6.07) is 13.8. The average Bonchev–Trinajstić information content (AvgIpc) is 3.33. The first kappa shape index (κ1) is 23.6. The van der Waals surface area contributed by atoms with Crippen molar-refractivity contribution in [2.24, 2.45) is 0 Å². The van der Waals surface area contributed by atoms with Gasteiger partial charge in [0.15, 0.2) is 5.65 Å². The second kappa shape index (κ2) is 9.60. The number of hydrogen-bond donors (Lipinski definition) is 1. The van der Waals surface area contributed by atoms with Crippen LogP contribution >= 0.6 is 15.9 Å². The number of rotatable bonds is 4. The number of pyridine rings is 2. The van der Waals surface area contributed by atoms with Gasteiger partial charge in [-0.1, -0.05) is 21.1 Å². The van der Waals surface area contributed by atoms with E-state index in [1.165, 1.54) is 16.8 Å². The zero-order valence-electron chi connectivity index (χ0n) is 20.0. The SMILES string of the molecule is Cc1cc(Br)cc2ccnc(N(C(=O)c3ccc(-n4nnc5cccnc54)cc3F)[C@@H]3CCCNC3)c12. The first-order valence-electron chi connectivity index (χ1n) is 12.1. The Labute approximate surface area is 220 Å². The molecular formula is C27H23BrFN7O. The van der Waals surface area contributed by atoms with Crippen LogP contribution in [0.5, 0.6) is 0 Å². The van der Waals surface area contributed by atoms with Gasteiger partial charge in [-0.15, -0.1) is 5.10 Å². The Kier molecular flexibility index (Phi) is 6.13. The predicted molar refractivity (Wildman–Crippen MR) is 143 cm³/mol. The lowest BCUT2D eigenvalue weighted by Gasteiger charge is -2.35. The highest BCUT2D eigenvalue weighted by molar-refractivity contribution is 9.10. The van der Waals surface area contributed by atoms with Crippen molar-refractivity contribution in [1.82, 2.24) is 30.3 Å². The van der Waals surface area contributed by atoms with E-state index in [0.29, 0.717) is 29.2 Å². The third-order valence-corrected chi connectivity index (χ3v) is 7.18. The van der Waals surface area contributed by atoms with E-state index in [4.69, 9.17) is 0 Å². The van der Waals surface area contributed by atoms with Gasteiger partial charge in [0.2, 0.25) is 0 Å². The molecule has 6 rings (SSSR count). The van der Waals surface area contributed by atoms with Crippen molar-refractivity contribution in [1.29, 1.82) is 0 Å². The molecule has 3 aromatic heterocycles. The molecule has 2 aromatic carbocycles. The number of carbonyl (C=O) groups is 1. The average molecular weight is 560 g/mol. The molecule has 8 nitrogen and oxygen atoms in total. The molecule has 10 heteroatoms. The molecule has 1 atom stereocenters. The van der Waals surface area contributed by atoms with Crippen molar-refractivity contribution < 1.29 is 9.18 Å². The van der Waals surface area contributed by atoms with Crippen molar-refractivity contribution in [2.45, 2.75) is 25.8 Å². The summed E-state index contributed by atoms with van der Waals surface area (Å²) < 4.78 is 18.0. The molecule has 0 bridgehead atoms. The number of aryl methyl sites for hydroxylation is 1. The molecule has 1 N–H and O–H groups in total. The molecule has 0 spiro atoms. The van der Waals surface area contributed by atoms with Crippen LogP contribution in [0.2, 0.25) is 0 Å². The summed E-state index contributed by atoms with van der Waals surface area (Å²) in [5.74, 6) is -0.534. The summed E-state index contributed by atoms with van der Waals surface area (Å²) in [6.07, 6.45) is 5.03. The largest absolute Gasteiger partial charge is 0.315 e. The summed E-state index contributed by atoms with van der Waals surface area (Å²) in [5, 5.41) is 13.4. The Morgan fingerprint density at radius 2 is 2.05 bits per heavy atom. The van der Waals surface area contributed by atoms with E-state index in [1.807, 2.05) is 25.1 Å². The fourth-order valence-corrected chi connectivity index (χ4v) is 5.60. The minimum Gasteiger partial charge on any atom is -0.315 e. The Morgan fingerprint density at radius 1 is 1.16 bits per heavy atom. The fourth-order valence-electron chi connectivity index (χ4n) is 5.01. The van der Waals surface area contributed by atoms with Gasteiger partial charge in [0, 0.05) is 34.9 Å². The van der Waals surface area contributed by atoms with E-state index < -0.39 is 11.7 Å². The standard InChI is InChI=1S/C27H23BrFN7O/c1-16-12-18(28)13-17-8-11-32-26(24(16)17)35(20-4-2-9-30-15-20)27(37)21-7-6-19(14-22(21)29)36-25-23(33-34-36)5-3-10-31-25/h3,5-8,10-14,20,30H,2,4,9,15H2,1H3/t20-/m1/s1. The van der Waals surface area contributed by atoms with Gasteiger partial charge in [-0.3, -0.25) is 9.69 Å². The number of carbonyl (C=O) groups excluding carboxylic acids is 1. The minimum absolute atomic E-state index is 0.0275. The molecule has 5 aromatic rings. The second-order valence-electron chi connectivity index (χ2n) is 9.14.